The van der Waals surface area contributed by atoms with Crippen LogP contribution in [0, 0.1) is 5.92 Å². The molecule has 1 aliphatic rings. The average molecular weight is 253 g/mol. The van der Waals surface area contributed by atoms with Crippen molar-refractivity contribution in [2.45, 2.75) is 25.9 Å². The highest BCUT2D eigenvalue weighted by Gasteiger charge is 2.29. The molecule has 1 rings (SSSR count). The Bertz CT molecular complexity index is 339. The first-order valence-corrected chi connectivity index (χ1v) is 6.18. The van der Waals surface area contributed by atoms with E-state index in [-0.39, 0.29) is 18.0 Å². The van der Waals surface area contributed by atoms with E-state index in [1.807, 2.05) is 13.1 Å². The summed E-state index contributed by atoms with van der Waals surface area (Å²) in [5.74, 6) is -0.00464. The lowest BCUT2D eigenvalue weighted by molar-refractivity contribution is -0.150. The Hall–Kier alpha value is -1.17. The van der Waals surface area contributed by atoms with E-state index in [0.717, 1.165) is 0 Å². The molecule has 102 valence electrons. The molecule has 0 fully saturated rings. The van der Waals surface area contributed by atoms with Crippen LogP contribution in [0.25, 0.3) is 0 Å². The lowest BCUT2D eigenvalue weighted by atomic mass is 9.90. The van der Waals surface area contributed by atoms with Crippen LogP contribution in [-0.4, -0.2) is 43.3 Å². The van der Waals surface area contributed by atoms with Crippen molar-refractivity contribution in [3.8, 4) is 0 Å². The van der Waals surface area contributed by atoms with Crippen molar-refractivity contribution in [2.24, 2.45) is 11.7 Å². The Morgan fingerprint density at radius 3 is 2.94 bits per heavy atom. The number of nitrogens with one attached hydrogen (secondary N) is 1. The minimum Gasteiger partial charge on any atom is -0.368 e. The minimum atomic E-state index is -0.383. The van der Waals surface area contributed by atoms with Crippen molar-refractivity contribution in [1.29, 1.82) is 0 Å². The van der Waals surface area contributed by atoms with Crippen molar-refractivity contribution in [3.63, 3.8) is 0 Å². The number of nitrogens with zero attached hydrogens (tertiary/aromatic N) is 1. The predicted octanol–water partition coefficient (Wildman–Crippen LogP) is 0.444. The van der Waals surface area contributed by atoms with E-state index in [4.69, 9.17) is 10.6 Å². The number of amides is 1. The van der Waals surface area contributed by atoms with Crippen LogP contribution in [0.3, 0.4) is 0 Å². The van der Waals surface area contributed by atoms with Gasteiger partial charge < -0.3 is 11.1 Å². The average Bonchev–Trinajstić information content (AvgIpc) is 2.34. The molecule has 0 aliphatic carbocycles. The van der Waals surface area contributed by atoms with E-state index in [9.17, 15) is 4.79 Å². The fourth-order valence-electron chi connectivity index (χ4n) is 2.08. The van der Waals surface area contributed by atoms with Gasteiger partial charge in [-0.1, -0.05) is 26.0 Å². The Balaban J connectivity index is 2.82. The normalized spacial score (nSPS) is 24.2. The van der Waals surface area contributed by atoms with Crippen LogP contribution in [-0.2, 0) is 9.63 Å². The highest BCUT2D eigenvalue weighted by molar-refractivity contribution is 5.82. The molecule has 0 aromatic carbocycles. The molecule has 0 saturated carbocycles. The van der Waals surface area contributed by atoms with Crippen LogP contribution in [0.1, 0.15) is 13.8 Å². The van der Waals surface area contributed by atoms with Gasteiger partial charge >= 0.3 is 0 Å². The summed E-state index contributed by atoms with van der Waals surface area (Å²) < 4.78 is 0. The van der Waals surface area contributed by atoms with Crippen LogP contribution in [0.5, 0.6) is 0 Å². The van der Waals surface area contributed by atoms with Gasteiger partial charge in [0.05, 0.1) is 12.6 Å². The van der Waals surface area contributed by atoms with Gasteiger partial charge in [-0.15, -0.1) is 6.58 Å². The minimum absolute atomic E-state index is 0.112. The second kappa shape index (κ2) is 6.68. The predicted molar refractivity (Wildman–Crippen MR) is 71.6 cm³/mol. The van der Waals surface area contributed by atoms with Gasteiger partial charge in [0, 0.05) is 13.6 Å². The maximum atomic E-state index is 11.2. The molecule has 5 nitrogen and oxygen atoms in total. The molecule has 0 unspecified atom stereocenters. The second-order valence-corrected chi connectivity index (χ2v) is 4.76. The summed E-state index contributed by atoms with van der Waals surface area (Å²) in [6.45, 7) is 8.94. The molecule has 1 heterocycles. The lowest BCUT2D eigenvalue weighted by Gasteiger charge is -2.36. The number of hydrogen-bond donors (Lipinski definition) is 2. The molecule has 0 saturated heterocycles. The van der Waals surface area contributed by atoms with Gasteiger partial charge in [-0.3, -0.25) is 9.63 Å². The third-order valence-corrected chi connectivity index (χ3v) is 3.08. The van der Waals surface area contributed by atoms with Gasteiger partial charge in [0.15, 0.2) is 0 Å². The van der Waals surface area contributed by atoms with Gasteiger partial charge in [0.2, 0.25) is 5.91 Å². The van der Waals surface area contributed by atoms with Gasteiger partial charge in [-0.05, 0) is 11.5 Å². The van der Waals surface area contributed by atoms with E-state index in [2.05, 4.69) is 25.7 Å². The van der Waals surface area contributed by atoms with Crippen molar-refractivity contribution < 1.29 is 9.63 Å². The van der Waals surface area contributed by atoms with Crippen LogP contribution < -0.4 is 11.1 Å². The maximum absolute atomic E-state index is 11.2. The fraction of sp³-hybridized carbons (Fsp3) is 0.615. The van der Waals surface area contributed by atoms with Crippen LogP contribution >= 0.6 is 0 Å². The standard InChI is InChI=1S/C13H23N3O2/c1-5-6-18-16(4)12-8-15-11(13(14)17)7-10(12)9(2)3/h5,7,9,11-12,15H,1,6,8H2,2-4H3,(H2,14,17)/t11-,12-/m0/s1. The van der Waals surface area contributed by atoms with Crippen molar-refractivity contribution >= 4 is 5.91 Å². The molecule has 18 heavy (non-hydrogen) atoms. The second-order valence-electron chi connectivity index (χ2n) is 4.76. The van der Waals surface area contributed by atoms with Crippen molar-refractivity contribution in [1.82, 2.24) is 10.4 Å². The van der Waals surface area contributed by atoms with E-state index in [0.29, 0.717) is 19.1 Å². The largest absolute Gasteiger partial charge is 0.368 e. The number of carbonyl (C=O) groups excluding carboxylic acids is 1. The van der Waals surface area contributed by atoms with Gasteiger partial charge in [-0.25, -0.2) is 0 Å². The zero-order chi connectivity index (χ0) is 13.7. The highest BCUT2D eigenvalue weighted by Crippen LogP contribution is 2.22. The summed E-state index contributed by atoms with van der Waals surface area (Å²) in [5.41, 5.74) is 6.50. The Labute approximate surface area is 109 Å². The van der Waals surface area contributed by atoms with Crippen molar-refractivity contribution in [3.05, 3.63) is 24.3 Å². The molecular formula is C13H23N3O2. The summed E-state index contributed by atoms with van der Waals surface area (Å²) >= 11 is 0. The first-order valence-electron chi connectivity index (χ1n) is 6.18. The number of hydrogen-bond acceptors (Lipinski definition) is 4. The fourth-order valence-corrected chi connectivity index (χ4v) is 2.08. The number of rotatable bonds is 6. The molecule has 0 bridgehead atoms. The first-order chi connectivity index (χ1) is 8.47. The number of carbonyl (C=O) groups is 1. The molecule has 1 amide bonds. The summed E-state index contributed by atoms with van der Waals surface area (Å²) in [6.07, 6.45) is 3.62. The molecule has 2 atom stereocenters. The summed E-state index contributed by atoms with van der Waals surface area (Å²) in [4.78, 5) is 16.8. The van der Waals surface area contributed by atoms with Gasteiger partial charge in [-0.2, -0.15) is 5.06 Å². The monoisotopic (exact) mass is 253 g/mol. The van der Waals surface area contributed by atoms with Crippen LogP contribution in [0.2, 0.25) is 0 Å². The zero-order valence-corrected chi connectivity index (χ0v) is 11.3. The molecular weight excluding hydrogens is 230 g/mol. The Morgan fingerprint density at radius 2 is 2.44 bits per heavy atom. The van der Waals surface area contributed by atoms with Crippen LogP contribution in [0.15, 0.2) is 24.3 Å². The van der Waals surface area contributed by atoms with E-state index >= 15 is 0 Å². The smallest absolute Gasteiger partial charge is 0.238 e. The van der Waals surface area contributed by atoms with E-state index < -0.39 is 0 Å². The van der Waals surface area contributed by atoms with Crippen LogP contribution in [0.4, 0.5) is 0 Å². The molecule has 3 N–H and O–H groups in total. The lowest BCUT2D eigenvalue weighted by Crippen LogP contribution is -2.52. The van der Waals surface area contributed by atoms with Gasteiger partial charge in [0.1, 0.15) is 6.04 Å². The molecule has 0 radical (unpaired) electrons. The third kappa shape index (κ3) is 3.66. The quantitative estimate of drug-likeness (QED) is 0.532. The Morgan fingerprint density at radius 1 is 1.78 bits per heavy atom. The topological polar surface area (TPSA) is 67.6 Å². The summed E-state index contributed by atoms with van der Waals surface area (Å²) in [6, 6.07) is -0.271. The highest BCUT2D eigenvalue weighted by atomic mass is 16.7. The molecule has 1 aliphatic heterocycles. The van der Waals surface area contributed by atoms with Gasteiger partial charge in [0.25, 0.3) is 0 Å². The SMILES string of the molecule is C=CCON(C)[C@H]1CN[C@H](C(N)=O)C=C1C(C)C. The molecule has 0 aromatic rings. The van der Waals surface area contributed by atoms with E-state index in [1.54, 1.807) is 11.1 Å². The van der Waals surface area contributed by atoms with Crippen molar-refractivity contribution in [2.75, 3.05) is 20.2 Å². The first kappa shape index (κ1) is 14.9. The third-order valence-electron chi connectivity index (χ3n) is 3.08. The molecule has 5 heteroatoms. The van der Waals surface area contributed by atoms with E-state index in [1.165, 1.54) is 5.57 Å². The number of primary amides is 1. The number of hydroxylamine groups is 2. The maximum Gasteiger partial charge on any atom is 0.238 e. The molecule has 0 aromatic heterocycles. The number of nitrogens with two attached hydrogens (primary N) is 1. The molecule has 0 spiro atoms. The Kier molecular flexibility index (Phi) is 5.53. The summed E-state index contributed by atoms with van der Waals surface area (Å²) in [7, 11) is 1.89. The zero-order valence-electron chi connectivity index (χ0n) is 11.3. The number of likely N-dealkylation sites (N-methyl/N-ethyl adjacent to an activating group) is 1. The summed E-state index contributed by atoms with van der Waals surface area (Å²) in [5, 5.41) is 4.92.